The molecule has 1 spiro atoms. The van der Waals surface area contributed by atoms with Gasteiger partial charge in [0.1, 0.15) is 61.0 Å². The fraction of sp³-hybridized carbons (Fsp3) is 0.956. The molecule has 4 aliphatic carbocycles. The maximum Gasteiger partial charge on any atom is 0.187 e. The maximum absolute atomic E-state index is 11.4. The molecule has 9 rings (SSSR count). The lowest BCUT2D eigenvalue weighted by atomic mass is 9.47. The van der Waals surface area contributed by atoms with Crippen molar-refractivity contribution in [2.75, 3.05) is 13.2 Å². The summed E-state index contributed by atoms with van der Waals surface area (Å²) in [5.41, 5.74) is 1.65. The molecule has 0 aromatic rings. The summed E-state index contributed by atoms with van der Waals surface area (Å²) in [7, 11) is 0. The lowest BCUT2D eigenvalue weighted by Crippen LogP contribution is -2.65. The largest absolute Gasteiger partial charge is 0.394 e. The van der Waals surface area contributed by atoms with Gasteiger partial charge in [0.2, 0.25) is 0 Å². The topological polar surface area (TPSA) is 236 Å². The summed E-state index contributed by atoms with van der Waals surface area (Å²) < 4.78 is 49.0. The van der Waals surface area contributed by atoms with Gasteiger partial charge in [-0.25, -0.2) is 0 Å². The highest BCUT2D eigenvalue weighted by Crippen LogP contribution is 2.70. The van der Waals surface area contributed by atoms with Crippen molar-refractivity contribution in [2.24, 2.45) is 46.3 Å². The van der Waals surface area contributed by atoms with Gasteiger partial charge in [-0.2, -0.15) is 0 Å². The van der Waals surface area contributed by atoms with Crippen LogP contribution >= 0.6 is 0 Å². The van der Waals surface area contributed by atoms with Gasteiger partial charge in [0.25, 0.3) is 0 Å². The maximum atomic E-state index is 11.4. The Morgan fingerprint density at radius 2 is 1.34 bits per heavy atom. The van der Waals surface area contributed by atoms with E-state index in [1.165, 1.54) is 32.3 Å². The number of fused-ring (bicyclic) bond motifs is 7. The van der Waals surface area contributed by atoms with E-state index in [9.17, 15) is 40.9 Å². The summed E-state index contributed by atoms with van der Waals surface area (Å²) in [6.07, 6.45) is -9.64. The third-order valence-electron chi connectivity index (χ3n) is 17.6. The van der Waals surface area contributed by atoms with Crippen LogP contribution in [0, 0.1) is 46.3 Å². The number of rotatable bonds is 7. The highest BCUT2D eigenvalue weighted by Gasteiger charge is 2.69. The van der Waals surface area contributed by atoms with Crippen molar-refractivity contribution in [2.45, 2.75) is 209 Å². The van der Waals surface area contributed by atoms with E-state index >= 15 is 0 Å². The third kappa shape index (κ3) is 7.42. The first-order valence-corrected chi connectivity index (χ1v) is 23.2. The van der Waals surface area contributed by atoms with Crippen LogP contribution in [0.15, 0.2) is 11.6 Å². The molecule has 5 saturated heterocycles. The Morgan fingerprint density at radius 3 is 2.03 bits per heavy atom. The normalized spacial score (nSPS) is 58.4. The molecule has 0 unspecified atom stereocenters. The number of aliphatic hydroxyl groups excluding tert-OH is 8. The van der Waals surface area contributed by atoms with Crippen LogP contribution in [0.1, 0.15) is 99.3 Å². The Labute approximate surface area is 358 Å². The molecule has 0 bridgehead atoms. The summed E-state index contributed by atoms with van der Waals surface area (Å²) in [6, 6.07) is 0. The van der Waals surface area contributed by atoms with E-state index in [0.717, 1.165) is 45.1 Å². The van der Waals surface area contributed by atoms with Crippen LogP contribution in [-0.2, 0) is 37.9 Å². The smallest absolute Gasteiger partial charge is 0.187 e. The third-order valence-corrected chi connectivity index (χ3v) is 17.6. The Bertz CT molecular complexity index is 1590. The van der Waals surface area contributed by atoms with Gasteiger partial charge in [0.15, 0.2) is 24.7 Å². The zero-order chi connectivity index (χ0) is 43.5. The van der Waals surface area contributed by atoms with Crippen molar-refractivity contribution in [1.82, 2.24) is 0 Å². The van der Waals surface area contributed by atoms with Gasteiger partial charge in [0.05, 0.1) is 37.6 Å². The Balaban J connectivity index is 0.809. The molecule has 8 fully saturated rings. The summed E-state index contributed by atoms with van der Waals surface area (Å²) in [4.78, 5) is 0. The van der Waals surface area contributed by atoms with Crippen LogP contribution in [0.5, 0.6) is 0 Å². The van der Waals surface area contributed by atoms with Crippen LogP contribution < -0.4 is 0 Å². The highest BCUT2D eigenvalue weighted by molar-refractivity contribution is 5.26. The number of hydrogen-bond donors (Lipinski definition) is 8. The predicted octanol–water partition coefficient (Wildman–Crippen LogP) is 1.24. The monoisotopic (exact) mass is 868 g/mol. The van der Waals surface area contributed by atoms with E-state index in [1.54, 1.807) is 0 Å². The van der Waals surface area contributed by atoms with E-state index in [-0.39, 0.29) is 23.0 Å². The minimum atomic E-state index is -1.75. The van der Waals surface area contributed by atoms with Crippen LogP contribution in [-0.4, -0.2) is 164 Å². The zero-order valence-electron chi connectivity index (χ0n) is 36.5. The highest BCUT2D eigenvalue weighted by atomic mass is 16.8. The molecule has 0 amide bonds. The molecule has 8 N–H and O–H groups in total. The van der Waals surface area contributed by atoms with Crippen molar-refractivity contribution in [3.05, 3.63) is 11.6 Å². The van der Waals surface area contributed by atoms with Crippen LogP contribution in [0.3, 0.4) is 0 Å². The van der Waals surface area contributed by atoms with E-state index < -0.39 is 105 Å². The molecule has 0 radical (unpaired) electrons. The number of ether oxygens (including phenoxy) is 8. The Hall–Kier alpha value is -0.900. The predicted molar refractivity (Wildman–Crippen MR) is 213 cm³/mol. The summed E-state index contributed by atoms with van der Waals surface area (Å²) >= 11 is 0. The SMILES string of the molecule is C[C@@H]1CC[C@@]2(OC1)O[C@H]1C[C@H]3[C@@H]4CC=C5C[C@@H](O[C@@H]6O[C@H](CO)[C@@H](O[C@@H]7O[C@@H](C)[C@H](O[C@@H]8O[C@@H](C)[C@H](O)[C@@H](O)[C@H]8O)[C@@H](O)[C@H]7O)[C@H](O)[C@H]6O)CC[C@]5(C)[C@H]4CC[C@]3(C)[C@H]1[C@@H]2C. The minimum absolute atomic E-state index is 0.0359. The molecule has 16 nitrogen and oxygen atoms in total. The summed E-state index contributed by atoms with van der Waals surface area (Å²) in [6.45, 7) is 12.8. The molecule has 61 heavy (non-hydrogen) atoms. The van der Waals surface area contributed by atoms with E-state index in [1.807, 2.05) is 0 Å². The molecule has 16 heteroatoms. The van der Waals surface area contributed by atoms with Crippen molar-refractivity contribution in [1.29, 1.82) is 0 Å². The van der Waals surface area contributed by atoms with Crippen LogP contribution in [0.4, 0.5) is 0 Å². The zero-order valence-corrected chi connectivity index (χ0v) is 36.5. The second-order valence-corrected chi connectivity index (χ2v) is 21.1. The fourth-order valence-electron chi connectivity index (χ4n) is 14.0. The molecule has 5 heterocycles. The second kappa shape index (κ2) is 16.8. The molecule has 5 aliphatic heterocycles. The Kier molecular flexibility index (Phi) is 12.4. The summed E-state index contributed by atoms with van der Waals surface area (Å²) in [5.74, 6) is 2.82. The van der Waals surface area contributed by atoms with E-state index in [2.05, 4.69) is 33.8 Å². The van der Waals surface area contributed by atoms with Gasteiger partial charge in [-0.3, -0.25) is 0 Å². The van der Waals surface area contributed by atoms with Crippen LogP contribution in [0.2, 0.25) is 0 Å². The second-order valence-electron chi connectivity index (χ2n) is 21.1. The molecule has 26 atom stereocenters. The first kappa shape index (κ1) is 45.3. The molecule has 0 aromatic heterocycles. The first-order chi connectivity index (χ1) is 28.9. The quantitative estimate of drug-likeness (QED) is 0.168. The van der Waals surface area contributed by atoms with Gasteiger partial charge >= 0.3 is 0 Å². The standard InChI is InChI=1S/C45H72O16/c1-19-9-14-45(54-18-19)20(2)30-28(61-45)16-27-25-8-7-23-15-24(10-12-43(23,5)26(25)11-13-44(27,30)6)57-42-37(53)34(50)39(29(17-46)58-42)60-41-36(52)33(49)38(22(4)56-41)59-40-35(51)32(48)31(47)21(3)55-40/h7,19-22,24-42,46-53H,8-18H2,1-6H3/t19-,20+,21+,22+,24+,25-,26+,27+,28+,29-,30+,31+,32-,33+,34-,35-,36-,37-,38+,39-,40+,41+,42-,43+,44+,45-/m1/s1. The summed E-state index contributed by atoms with van der Waals surface area (Å²) in [5, 5.41) is 85.9. The molecular formula is C45H72O16. The van der Waals surface area contributed by atoms with Gasteiger partial charge in [-0.15, -0.1) is 0 Å². The molecule has 0 aromatic carbocycles. The molecule has 3 saturated carbocycles. The average Bonchev–Trinajstić information content (AvgIpc) is 3.68. The van der Waals surface area contributed by atoms with Gasteiger partial charge in [0, 0.05) is 12.3 Å². The molecule has 9 aliphatic rings. The van der Waals surface area contributed by atoms with Crippen molar-refractivity contribution < 1.29 is 78.7 Å². The number of hydrogen-bond acceptors (Lipinski definition) is 16. The molecule has 348 valence electrons. The number of aliphatic hydroxyl groups is 8. The minimum Gasteiger partial charge on any atom is -0.394 e. The first-order valence-electron chi connectivity index (χ1n) is 23.2. The van der Waals surface area contributed by atoms with Crippen molar-refractivity contribution in [3.63, 3.8) is 0 Å². The van der Waals surface area contributed by atoms with E-state index in [4.69, 9.17) is 37.9 Å². The van der Waals surface area contributed by atoms with Gasteiger partial charge < -0.3 is 78.7 Å². The molecular weight excluding hydrogens is 796 g/mol. The lowest BCUT2D eigenvalue weighted by Gasteiger charge is -2.58. The number of allylic oxidation sites excluding steroid dienone is 1. The van der Waals surface area contributed by atoms with Crippen molar-refractivity contribution >= 4 is 0 Å². The van der Waals surface area contributed by atoms with Gasteiger partial charge in [-0.1, -0.05) is 39.3 Å². The average molecular weight is 869 g/mol. The fourth-order valence-corrected chi connectivity index (χ4v) is 14.0. The van der Waals surface area contributed by atoms with Crippen molar-refractivity contribution in [3.8, 4) is 0 Å². The Morgan fingerprint density at radius 1 is 0.689 bits per heavy atom. The lowest BCUT2D eigenvalue weighted by molar-refractivity contribution is -0.376. The van der Waals surface area contributed by atoms with E-state index in [0.29, 0.717) is 41.9 Å². The van der Waals surface area contributed by atoms with Gasteiger partial charge in [-0.05, 0) is 106 Å². The van der Waals surface area contributed by atoms with Crippen LogP contribution in [0.25, 0.3) is 0 Å².